The molecule has 0 aliphatic rings. The Bertz CT molecular complexity index is 214. The minimum atomic E-state index is -0.223. The minimum Gasteiger partial charge on any atom is -0.375 e. The first kappa shape index (κ1) is 11.9. The van der Waals surface area contributed by atoms with Crippen LogP contribution >= 0.6 is 0 Å². The predicted molar refractivity (Wildman–Crippen MR) is 49.3 cm³/mol. The number of ether oxygens (including phenoxy) is 1. The van der Waals surface area contributed by atoms with E-state index in [1.54, 1.807) is 0 Å². The quantitative estimate of drug-likeness (QED) is 0.373. The van der Waals surface area contributed by atoms with E-state index >= 15 is 0 Å². The van der Waals surface area contributed by atoms with Crippen molar-refractivity contribution in [3.05, 3.63) is 10.4 Å². The molecule has 0 aliphatic carbocycles. The molecule has 0 aromatic carbocycles. The Hall–Kier alpha value is -1.06. The zero-order chi connectivity index (χ0) is 10.3. The summed E-state index contributed by atoms with van der Waals surface area (Å²) in [5, 5.41) is 3.16. The third kappa shape index (κ3) is 8.85. The summed E-state index contributed by atoms with van der Waals surface area (Å²) in [6.45, 7) is 6.06. The summed E-state index contributed by atoms with van der Waals surface area (Å²) in [6, 6.07) is 0. The molecule has 0 rings (SSSR count). The van der Waals surface area contributed by atoms with E-state index in [1.165, 1.54) is 0 Å². The fourth-order valence-electron chi connectivity index (χ4n) is 0.661. The highest BCUT2D eigenvalue weighted by Crippen LogP contribution is 2.06. The summed E-state index contributed by atoms with van der Waals surface area (Å²) in [4.78, 5) is 13.4. The van der Waals surface area contributed by atoms with Crippen LogP contribution in [0.25, 0.3) is 10.4 Å². The summed E-state index contributed by atoms with van der Waals surface area (Å²) >= 11 is 0. The van der Waals surface area contributed by atoms with Gasteiger partial charge in [0.1, 0.15) is 5.78 Å². The number of Topliss-reactive ketones (excluding diaryl/α,β-unsaturated/α-hetero) is 1. The van der Waals surface area contributed by atoms with Crippen LogP contribution in [-0.2, 0) is 9.53 Å². The van der Waals surface area contributed by atoms with Crippen LogP contribution in [0, 0.1) is 0 Å². The van der Waals surface area contributed by atoms with Crippen LogP contribution in [-0.4, -0.2) is 24.5 Å². The van der Waals surface area contributed by atoms with Crippen LogP contribution in [0.15, 0.2) is 5.11 Å². The summed E-state index contributed by atoms with van der Waals surface area (Å²) < 4.78 is 5.32. The molecule has 0 heterocycles. The second-order valence-corrected chi connectivity index (χ2v) is 3.64. The molecule has 0 bridgehead atoms. The van der Waals surface area contributed by atoms with E-state index in [2.05, 4.69) is 10.0 Å². The number of hydrogen-bond acceptors (Lipinski definition) is 3. The number of carbonyl (C=O) groups is 1. The van der Waals surface area contributed by atoms with Gasteiger partial charge in [-0.25, -0.2) is 0 Å². The molecule has 0 N–H and O–H groups in total. The van der Waals surface area contributed by atoms with Crippen LogP contribution in [0.1, 0.15) is 27.2 Å². The molecule has 0 saturated carbocycles. The van der Waals surface area contributed by atoms with E-state index in [1.807, 2.05) is 20.8 Å². The first-order valence-corrected chi connectivity index (χ1v) is 4.12. The largest absolute Gasteiger partial charge is 0.375 e. The number of carbonyl (C=O) groups excluding carboxylic acids is 1. The molecule has 0 saturated heterocycles. The normalized spacial score (nSPS) is 10.7. The van der Waals surface area contributed by atoms with Gasteiger partial charge in [0, 0.05) is 11.3 Å². The number of ketones is 1. The highest BCUT2D eigenvalue weighted by molar-refractivity contribution is 5.80. The van der Waals surface area contributed by atoms with Gasteiger partial charge in [0.2, 0.25) is 0 Å². The summed E-state index contributed by atoms with van der Waals surface area (Å²) in [7, 11) is 0. The van der Waals surface area contributed by atoms with Gasteiger partial charge in [0.25, 0.3) is 0 Å². The van der Waals surface area contributed by atoms with Gasteiger partial charge in [0.15, 0.2) is 0 Å². The van der Waals surface area contributed by atoms with Crippen molar-refractivity contribution < 1.29 is 9.53 Å². The van der Waals surface area contributed by atoms with Crippen molar-refractivity contribution in [3.8, 4) is 0 Å². The van der Waals surface area contributed by atoms with Crippen molar-refractivity contribution in [3.63, 3.8) is 0 Å². The van der Waals surface area contributed by atoms with Crippen LogP contribution in [0.4, 0.5) is 0 Å². The maximum absolute atomic E-state index is 10.9. The van der Waals surface area contributed by atoms with Crippen molar-refractivity contribution in [2.45, 2.75) is 32.8 Å². The SMILES string of the molecule is CC(C)(C)OCCC(=O)CN=[N+]=[N-]. The smallest absolute Gasteiger partial charge is 0.141 e. The number of hydrogen-bond donors (Lipinski definition) is 0. The first-order valence-electron chi connectivity index (χ1n) is 4.12. The zero-order valence-corrected chi connectivity index (χ0v) is 8.28. The highest BCUT2D eigenvalue weighted by Gasteiger charge is 2.10. The Kier molecular flexibility index (Phi) is 5.11. The molecule has 0 unspecified atom stereocenters. The third-order valence-electron chi connectivity index (χ3n) is 1.23. The molecule has 0 spiro atoms. The molecule has 0 amide bonds. The van der Waals surface area contributed by atoms with Gasteiger partial charge >= 0.3 is 0 Å². The fraction of sp³-hybridized carbons (Fsp3) is 0.875. The summed E-state index contributed by atoms with van der Waals surface area (Å²) in [5.41, 5.74) is 7.72. The molecule has 5 heteroatoms. The topological polar surface area (TPSA) is 75.1 Å². The molecule has 0 aliphatic heterocycles. The fourth-order valence-corrected chi connectivity index (χ4v) is 0.661. The Morgan fingerprint density at radius 2 is 2.15 bits per heavy atom. The molecule has 74 valence electrons. The van der Waals surface area contributed by atoms with Gasteiger partial charge in [-0.15, -0.1) is 0 Å². The maximum Gasteiger partial charge on any atom is 0.141 e. The van der Waals surface area contributed by atoms with E-state index in [9.17, 15) is 4.79 Å². The van der Waals surface area contributed by atoms with Crippen LogP contribution in [0.3, 0.4) is 0 Å². The third-order valence-corrected chi connectivity index (χ3v) is 1.23. The molecular formula is C8H15N3O2. The molecule has 0 radical (unpaired) electrons. The van der Waals surface area contributed by atoms with Crippen molar-refractivity contribution in [2.24, 2.45) is 5.11 Å². The van der Waals surface area contributed by atoms with Crippen LogP contribution in [0.2, 0.25) is 0 Å². The van der Waals surface area contributed by atoms with Crippen molar-refractivity contribution >= 4 is 5.78 Å². The number of rotatable bonds is 5. The molecule has 0 aromatic heterocycles. The van der Waals surface area contributed by atoms with E-state index < -0.39 is 0 Å². The molecule has 13 heavy (non-hydrogen) atoms. The summed E-state index contributed by atoms with van der Waals surface area (Å²) in [5.74, 6) is -0.0953. The van der Waals surface area contributed by atoms with E-state index in [-0.39, 0.29) is 17.9 Å². The maximum atomic E-state index is 10.9. The Balaban J connectivity index is 3.54. The van der Waals surface area contributed by atoms with E-state index in [4.69, 9.17) is 10.3 Å². The van der Waals surface area contributed by atoms with Crippen LogP contribution in [0.5, 0.6) is 0 Å². The van der Waals surface area contributed by atoms with Crippen molar-refractivity contribution in [1.82, 2.24) is 0 Å². The molecule has 5 nitrogen and oxygen atoms in total. The molecule has 0 atom stereocenters. The monoisotopic (exact) mass is 185 g/mol. The first-order chi connectivity index (χ1) is 5.95. The molecule has 0 fully saturated rings. The van der Waals surface area contributed by atoms with Crippen molar-refractivity contribution in [1.29, 1.82) is 0 Å². The average molecular weight is 185 g/mol. The van der Waals surface area contributed by atoms with Gasteiger partial charge in [-0.1, -0.05) is 5.11 Å². The minimum absolute atomic E-state index is 0.0794. The van der Waals surface area contributed by atoms with Gasteiger partial charge in [0.05, 0.1) is 18.8 Å². The Morgan fingerprint density at radius 1 is 1.54 bits per heavy atom. The lowest BCUT2D eigenvalue weighted by molar-refractivity contribution is -0.119. The van der Waals surface area contributed by atoms with E-state index in [0.29, 0.717) is 13.0 Å². The average Bonchev–Trinajstić information content (AvgIpc) is 1.98. The molecular weight excluding hydrogens is 170 g/mol. The Labute approximate surface area is 77.7 Å². The standard InChI is InChI=1S/C8H15N3O2/c1-8(2,3)13-5-4-7(12)6-10-11-9/h4-6H2,1-3H3. The Morgan fingerprint density at radius 3 is 2.62 bits per heavy atom. The number of nitrogens with zero attached hydrogens (tertiary/aromatic N) is 3. The lowest BCUT2D eigenvalue weighted by Crippen LogP contribution is -2.21. The highest BCUT2D eigenvalue weighted by atomic mass is 16.5. The van der Waals surface area contributed by atoms with Gasteiger partial charge < -0.3 is 4.74 Å². The van der Waals surface area contributed by atoms with E-state index in [0.717, 1.165) is 0 Å². The predicted octanol–water partition coefficient (Wildman–Crippen LogP) is 2.07. The van der Waals surface area contributed by atoms with Gasteiger partial charge in [-0.2, -0.15) is 0 Å². The van der Waals surface area contributed by atoms with Gasteiger partial charge in [-0.3, -0.25) is 4.79 Å². The number of azide groups is 1. The van der Waals surface area contributed by atoms with Crippen LogP contribution < -0.4 is 0 Å². The lowest BCUT2D eigenvalue weighted by atomic mass is 10.2. The second-order valence-electron chi connectivity index (χ2n) is 3.64. The van der Waals surface area contributed by atoms with Gasteiger partial charge in [-0.05, 0) is 26.3 Å². The lowest BCUT2D eigenvalue weighted by Gasteiger charge is -2.18. The van der Waals surface area contributed by atoms with Crippen molar-refractivity contribution in [2.75, 3.05) is 13.2 Å². The summed E-state index contributed by atoms with van der Waals surface area (Å²) in [6.07, 6.45) is 0.302. The second kappa shape index (κ2) is 5.56. The zero-order valence-electron chi connectivity index (χ0n) is 8.28. The molecule has 0 aromatic rings.